The molecule has 0 saturated heterocycles. The minimum absolute atomic E-state index is 0.546. The van der Waals surface area contributed by atoms with Crippen LogP contribution in [0.3, 0.4) is 0 Å². The van der Waals surface area contributed by atoms with Gasteiger partial charge in [0, 0.05) is 11.1 Å². The average molecular weight is 293 g/mol. The van der Waals surface area contributed by atoms with Gasteiger partial charge >= 0.3 is 0 Å². The quantitative estimate of drug-likeness (QED) is 0.627. The van der Waals surface area contributed by atoms with Gasteiger partial charge in [0.2, 0.25) is 0 Å². The average Bonchev–Trinajstić information content (AvgIpc) is 2.50. The summed E-state index contributed by atoms with van der Waals surface area (Å²) in [4.78, 5) is 0. The molecule has 2 rings (SSSR count). The summed E-state index contributed by atoms with van der Waals surface area (Å²) in [6.07, 6.45) is 4.12. The first-order chi connectivity index (χ1) is 6.74. The second kappa shape index (κ2) is 4.49. The Hall–Kier alpha value is 0.390. The van der Waals surface area contributed by atoms with Gasteiger partial charge in [-0.15, -0.1) is 10.2 Å². The third kappa shape index (κ3) is 2.31. The molecule has 0 N–H and O–H groups in total. The number of hydrogen-bond donors (Lipinski definition) is 0. The van der Waals surface area contributed by atoms with Gasteiger partial charge in [0.05, 0.1) is 0 Å². The van der Waals surface area contributed by atoms with Crippen LogP contribution in [-0.2, 0) is 0 Å². The molecule has 5 heteroatoms. The molecule has 14 heavy (non-hydrogen) atoms. The van der Waals surface area contributed by atoms with E-state index >= 15 is 0 Å². The number of alkyl halides is 1. The van der Waals surface area contributed by atoms with Crippen molar-refractivity contribution in [3.8, 4) is 0 Å². The molecule has 1 heterocycles. The molecule has 0 aromatic carbocycles. The van der Waals surface area contributed by atoms with Gasteiger partial charge in [-0.3, -0.25) is 0 Å². The molecule has 1 aliphatic carbocycles. The zero-order valence-corrected chi connectivity index (χ0v) is 11.3. The Labute approximate surface area is 101 Å². The van der Waals surface area contributed by atoms with E-state index in [1.165, 1.54) is 25.0 Å². The number of hydrogen-bond acceptors (Lipinski definition) is 4. The highest BCUT2D eigenvalue weighted by Crippen LogP contribution is 2.46. The molecule has 0 radical (unpaired) electrons. The standard InChI is InChI=1S/C9H13BrN2S2/c1-7-11-12-8(14-7)13-6-9(5-10)3-2-4-9/h2-6H2,1H3. The summed E-state index contributed by atoms with van der Waals surface area (Å²) in [6, 6.07) is 0. The van der Waals surface area contributed by atoms with E-state index in [1.54, 1.807) is 11.3 Å². The Bertz CT molecular complexity index is 304. The first kappa shape index (κ1) is 10.9. The van der Waals surface area contributed by atoms with E-state index in [0.717, 1.165) is 14.7 Å². The van der Waals surface area contributed by atoms with Crippen molar-refractivity contribution in [2.75, 3.05) is 11.1 Å². The molecule has 78 valence electrons. The van der Waals surface area contributed by atoms with Gasteiger partial charge in [-0.25, -0.2) is 0 Å². The summed E-state index contributed by atoms with van der Waals surface area (Å²) in [7, 11) is 0. The second-order valence-electron chi connectivity index (χ2n) is 3.86. The maximum atomic E-state index is 4.13. The predicted molar refractivity (Wildman–Crippen MR) is 65.4 cm³/mol. The minimum atomic E-state index is 0.546. The number of aryl methyl sites for hydroxylation is 1. The fraction of sp³-hybridized carbons (Fsp3) is 0.778. The summed E-state index contributed by atoms with van der Waals surface area (Å²) in [5.41, 5.74) is 0.546. The normalized spacial score (nSPS) is 19.3. The van der Waals surface area contributed by atoms with E-state index in [4.69, 9.17) is 0 Å². The highest BCUT2D eigenvalue weighted by Gasteiger charge is 2.35. The highest BCUT2D eigenvalue weighted by atomic mass is 79.9. The third-order valence-electron chi connectivity index (χ3n) is 2.71. The van der Waals surface area contributed by atoms with Crippen molar-refractivity contribution in [3.05, 3.63) is 5.01 Å². The Morgan fingerprint density at radius 2 is 2.29 bits per heavy atom. The summed E-state index contributed by atoms with van der Waals surface area (Å²) >= 11 is 7.18. The maximum Gasteiger partial charge on any atom is 0.174 e. The minimum Gasteiger partial charge on any atom is -0.143 e. The van der Waals surface area contributed by atoms with Crippen LogP contribution in [0.25, 0.3) is 0 Å². The smallest absolute Gasteiger partial charge is 0.143 e. The Balaban J connectivity index is 1.87. The molecule has 0 unspecified atom stereocenters. The Morgan fingerprint density at radius 3 is 2.71 bits per heavy atom. The van der Waals surface area contributed by atoms with Gasteiger partial charge in [-0.2, -0.15) is 0 Å². The first-order valence-corrected chi connectivity index (χ1v) is 7.65. The zero-order valence-electron chi connectivity index (χ0n) is 8.12. The van der Waals surface area contributed by atoms with E-state index < -0.39 is 0 Å². The van der Waals surface area contributed by atoms with Gasteiger partial charge < -0.3 is 0 Å². The molecule has 1 aromatic heterocycles. The van der Waals surface area contributed by atoms with Crippen molar-refractivity contribution in [3.63, 3.8) is 0 Å². The van der Waals surface area contributed by atoms with E-state index in [-0.39, 0.29) is 0 Å². The molecular weight excluding hydrogens is 280 g/mol. The van der Waals surface area contributed by atoms with Gasteiger partial charge in [0.1, 0.15) is 5.01 Å². The lowest BCUT2D eigenvalue weighted by atomic mass is 9.72. The number of rotatable bonds is 4. The van der Waals surface area contributed by atoms with Crippen LogP contribution in [0.4, 0.5) is 0 Å². The van der Waals surface area contributed by atoms with E-state index in [2.05, 4.69) is 26.1 Å². The summed E-state index contributed by atoms with van der Waals surface area (Å²) < 4.78 is 1.12. The number of nitrogens with zero attached hydrogens (tertiary/aromatic N) is 2. The zero-order chi connectivity index (χ0) is 10.0. The topological polar surface area (TPSA) is 25.8 Å². The van der Waals surface area contributed by atoms with Gasteiger partial charge in [-0.1, -0.05) is 45.4 Å². The van der Waals surface area contributed by atoms with Crippen LogP contribution in [0, 0.1) is 12.3 Å². The number of halogens is 1. The van der Waals surface area contributed by atoms with E-state index in [1.807, 2.05) is 18.7 Å². The third-order valence-corrected chi connectivity index (χ3v) is 6.22. The van der Waals surface area contributed by atoms with Crippen molar-refractivity contribution in [2.45, 2.75) is 30.5 Å². The molecule has 1 saturated carbocycles. The van der Waals surface area contributed by atoms with Crippen molar-refractivity contribution in [1.82, 2.24) is 10.2 Å². The first-order valence-electron chi connectivity index (χ1n) is 4.73. The monoisotopic (exact) mass is 292 g/mol. The highest BCUT2D eigenvalue weighted by molar-refractivity contribution is 9.09. The molecule has 0 bridgehead atoms. The van der Waals surface area contributed by atoms with Crippen LogP contribution in [0.2, 0.25) is 0 Å². The van der Waals surface area contributed by atoms with Crippen molar-refractivity contribution in [2.24, 2.45) is 5.41 Å². The van der Waals surface area contributed by atoms with Crippen LogP contribution < -0.4 is 0 Å². The van der Waals surface area contributed by atoms with Crippen molar-refractivity contribution < 1.29 is 0 Å². The molecule has 0 spiro atoms. The lowest BCUT2D eigenvalue weighted by Crippen LogP contribution is -2.33. The molecule has 0 amide bonds. The molecule has 1 aromatic rings. The largest absolute Gasteiger partial charge is 0.174 e. The van der Waals surface area contributed by atoms with Gasteiger partial charge in [-0.05, 0) is 25.2 Å². The predicted octanol–water partition coefficient (Wildman–Crippen LogP) is 3.50. The van der Waals surface area contributed by atoms with Gasteiger partial charge in [0.25, 0.3) is 0 Å². The molecule has 0 aliphatic heterocycles. The SMILES string of the molecule is Cc1nnc(SCC2(CBr)CCC2)s1. The molecular formula is C9H13BrN2S2. The fourth-order valence-corrected chi connectivity index (χ4v) is 4.68. The van der Waals surface area contributed by atoms with Crippen LogP contribution in [-0.4, -0.2) is 21.3 Å². The van der Waals surface area contributed by atoms with Crippen LogP contribution in [0.1, 0.15) is 24.3 Å². The summed E-state index contributed by atoms with van der Waals surface area (Å²) in [5.74, 6) is 1.19. The lowest BCUT2D eigenvalue weighted by molar-refractivity contribution is 0.206. The maximum absolute atomic E-state index is 4.13. The molecule has 2 nitrogen and oxygen atoms in total. The number of thioether (sulfide) groups is 1. The van der Waals surface area contributed by atoms with Crippen LogP contribution in [0.5, 0.6) is 0 Å². The second-order valence-corrected chi connectivity index (χ2v) is 6.83. The van der Waals surface area contributed by atoms with Crippen molar-refractivity contribution >= 4 is 39.0 Å². The molecule has 1 aliphatic rings. The number of aromatic nitrogens is 2. The van der Waals surface area contributed by atoms with Gasteiger partial charge in [0.15, 0.2) is 4.34 Å². The molecule has 0 atom stereocenters. The Kier molecular flexibility index (Phi) is 3.50. The summed E-state index contributed by atoms with van der Waals surface area (Å²) in [6.45, 7) is 2.01. The fourth-order valence-electron chi connectivity index (χ4n) is 1.54. The van der Waals surface area contributed by atoms with Crippen LogP contribution >= 0.6 is 39.0 Å². The summed E-state index contributed by atoms with van der Waals surface area (Å²) in [5, 5.41) is 10.3. The molecule has 1 fully saturated rings. The van der Waals surface area contributed by atoms with E-state index in [9.17, 15) is 0 Å². The van der Waals surface area contributed by atoms with E-state index in [0.29, 0.717) is 5.41 Å². The lowest BCUT2D eigenvalue weighted by Gasteiger charge is -2.39. The van der Waals surface area contributed by atoms with Crippen LogP contribution in [0.15, 0.2) is 4.34 Å². The Morgan fingerprint density at radius 1 is 1.50 bits per heavy atom. The van der Waals surface area contributed by atoms with Crippen molar-refractivity contribution in [1.29, 1.82) is 0 Å².